The lowest BCUT2D eigenvalue weighted by atomic mass is 10.1. The van der Waals surface area contributed by atoms with Gasteiger partial charge < -0.3 is 10.6 Å². The molecule has 0 radical (unpaired) electrons. The predicted octanol–water partition coefficient (Wildman–Crippen LogP) is 0.330. The fourth-order valence-electron chi connectivity index (χ4n) is 2.27. The zero-order valence-electron chi connectivity index (χ0n) is 11.4. The Morgan fingerprint density at radius 2 is 1.67 bits per heavy atom. The number of benzene rings is 1. The van der Waals surface area contributed by atoms with Gasteiger partial charge >= 0.3 is 0 Å². The summed E-state index contributed by atoms with van der Waals surface area (Å²) in [5.41, 5.74) is 4.97. The minimum atomic E-state index is -3.30. The molecular weight excluding hydrogens is 302 g/mol. The Balaban J connectivity index is 2.23. The van der Waals surface area contributed by atoms with Gasteiger partial charge in [-0.15, -0.1) is 0 Å². The summed E-state index contributed by atoms with van der Waals surface area (Å²) in [6.07, 6.45) is 1.10. The van der Waals surface area contributed by atoms with Gasteiger partial charge in [-0.2, -0.15) is 4.31 Å². The first-order chi connectivity index (χ1) is 9.70. The van der Waals surface area contributed by atoms with Crippen LogP contribution in [0.2, 0.25) is 0 Å². The first-order valence-electron chi connectivity index (χ1n) is 6.23. The van der Waals surface area contributed by atoms with E-state index >= 15 is 0 Å². The minimum Gasteiger partial charge on any atom is -0.384 e. The summed E-state index contributed by atoms with van der Waals surface area (Å²) < 4.78 is 52.1. The maximum Gasteiger partial charge on any atom is 0.211 e. The van der Waals surface area contributed by atoms with Crippen LogP contribution in [0.1, 0.15) is 5.56 Å². The molecule has 6 nitrogen and oxygen atoms in total. The molecule has 0 bridgehead atoms. The molecule has 9 heteroatoms. The number of nitrogen functional groups attached to an aromatic ring is 1. The molecule has 0 atom stereocenters. The van der Waals surface area contributed by atoms with E-state index in [0.29, 0.717) is 0 Å². The standard InChI is InChI=1S/C12H16F2N4O2S/c1-21(19,20)18-4-2-17(3-5-18)11-9(13)6-8(12(15)16)7-10(11)14/h6-7H,2-5H2,1H3,(H3,15,16). The number of amidine groups is 1. The molecule has 0 unspecified atom stereocenters. The summed E-state index contributed by atoms with van der Waals surface area (Å²) in [5, 5.41) is 7.20. The van der Waals surface area contributed by atoms with Crippen LogP contribution in [0.4, 0.5) is 14.5 Å². The maximum atomic E-state index is 14.0. The number of hydrogen-bond donors (Lipinski definition) is 2. The molecule has 0 amide bonds. The minimum absolute atomic E-state index is 0.0245. The highest BCUT2D eigenvalue weighted by Gasteiger charge is 2.27. The Morgan fingerprint density at radius 1 is 1.19 bits per heavy atom. The highest BCUT2D eigenvalue weighted by atomic mass is 32.2. The van der Waals surface area contributed by atoms with Gasteiger partial charge in [-0.05, 0) is 12.1 Å². The van der Waals surface area contributed by atoms with E-state index in [2.05, 4.69) is 0 Å². The number of nitrogens with zero attached hydrogens (tertiary/aromatic N) is 2. The molecule has 2 rings (SSSR count). The third-order valence-electron chi connectivity index (χ3n) is 3.35. The largest absolute Gasteiger partial charge is 0.384 e. The Bertz CT molecular complexity index is 647. The van der Waals surface area contributed by atoms with Gasteiger partial charge in [0.2, 0.25) is 10.0 Å². The number of rotatable bonds is 3. The van der Waals surface area contributed by atoms with E-state index in [1.165, 1.54) is 9.21 Å². The van der Waals surface area contributed by atoms with Crippen molar-refractivity contribution in [2.24, 2.45) is 5.73 Å². The van der Waals surface area contributed by atoms with E-state index < -0.39 is 27.5 Å². The number of nitrogens with two attached hydrogens (primary N) is 1. The van der Waals surface area contributed by atoms with Crippen LogP contribution < -0.4 is 10.6 Å². The van der Waals surface area contributed by atoms with Gasteiger partial charge in [0.25, 0.3) is 0 Å². The second kappa shape index (κ2) is 5.57. The van der Waals surface area contributed by atoms with Gasteiger partial charge in [-0.1, -0.05) is 0 Å². The first kappa shape index (κ1) is 15.6. The van der Waals surface area contributed by atoms with E-state index in [0.717, 1.165) is 18.4 Å². The lowest BCUT2D eigenvalue weighted by Crippen LogP contribution is -2.48. The summed E-state index contributed by atoms with van der Waals surface area (Å²) in [5.74, 6) is -2.04. The van der Waals surface area contributed by atoms with E-state index in [9.17, 15) is 17.2 Å². The van der Waals surface area contributed by atoms with Crippen molar-refractivity contribution in [1.29, 1.82) is 5.41 Å². The van der Waals surface area contributed by atoms with Crippen molar-refractivity contribution >= 4 is 21.5 Å². The van der Waals surface area contributed by atoms with E-state index in [4.69, 9.17) is 11.1 Å². The second-order valence-corrected chi connectivity index (χ2v) is 6.83. The molecule has 1 heterocycles. The third kappa shape index (κ3) is 3.30. The van der Waals surface area contributed by atoms with Crippen molar-refractivity contribution in [2.45, 2.75) is 0 Å². The molecule has 0 aliphatic carbocycles. The van der Waals surface area contributed by atoms with Crippen molar-refractivity contribution in [3.63, 3.8) is 0 Å². The van der Waals surface area contributed by atoms with Crippen LogP contribution in [-0.4, -0.2) is 51.0 Å². The lowest BCUT2D eigenvalue weighted by molar-refractivity contribution is 0.384. The Hall–Kier alpha value is -1.74. The summed E-state index contributed by atoms with van der Waals surface area (Å²) in [7, 11) is -3.30. The van der Waals surface area contributed by atoms with Crippen molar-refractivity contribution in [1.82, 2.24) is 4.31 Å². The average Bonchev–Trinajstić information content (AvgIpc) is 2.37. The molecule has 116 valence electrons. The fraction of sp³-hybridized carbons (Fsp3) is 0.417. The van der Waals surface area contributed by atoms with Crippen LogP contribution in [0, 0.1) is 17.0 Å². The molecule has 0 spiro atoms. The zero-order chi connectivity index (χ0) is 15.8. The summed E-state index contributed by atoms with van der Waals surface area (Å²) in [4.78, 5) is 1.45. The number of anilines is 1. The zero-order valence-corrected chi connectivity index (χ0v) is 12.3. The highest BCUT2D eigenvalue weighted by Crippen LogP contribution is 2.26. The van der Waals surface area contributed by atoms with Crippen molar-refractivity contribution in [3.8, 4) is 0 Å². The van der Waals surface area contributed by atoms with Gasteiger partial charge in [-0.3, -0.25) is 5.41 Å². The molecule has 1 aliphatic rings. The average molecular weight is 318 g/mol. The molecule has 1 fully saturated rings. The highest BCUT2D eigenvalue weighted by molar-refractivity contribution is 7.88. The molecule has 0 saturated carbocycles. The molecule has 3 N–H and O–H groups in total. The van der Waals surface area contributed by atoms with E-state index in [1.807, 2.05) is 0 Å². The van der Waals surface area contributed by atoms with E-state index in [-0.39, 0.29) is 37.4 Å². The maximum absolute atomic E-state index is 14.0. The number of sulfonamides is 1. The van der Waals surface area contributed by atoms with Crippen LogP contribution in [0.15, 0.2) is 12.1 Å². The van der Waals surface area contributed by atoms with Crippen LogP contribution >= 0.6 is 0 Å². The third-order valence-corrected chi connectivity index (χ3v) is 4.65. The smallest absolute Gasteiger partial charge is 0.211 e. The summed E-state index contributed by atoms with van der Waals surface area (Å²) >= 11 is 0. The van der Waals surface area contributed by atoms with Gasteiger partial charge in [0.1, 0.15) is 23.2 Å². The van der Waals surface area contributed by atoms with Crippen LogP contribution in [0.25, 0.3) is 0 Å². The monoisotopic (exact) mass is 318 g/mol. The van der Waals surface area contributed by atoms with Crippen LogP contribution in [0.3, 0.4) is 0 Å². The molecule has 1 saturated heterocycles. The Morgan fingerprint density at radius 3 is 2.05 bits per heavy atom. The molecule has 1 aromatic rings. The molecule has 1 aliphatic heterocycles. The number of nitrogens with one attached hydrogen (secondary N) is 1. The van der Waals surface area contributed by atoms with Gasteiger partial charge in [0, 0.05) is 31.7 Å². The molecule has 21 heavy (non-hydrogen) atoms. The second-order valence-electron chi connectivity index (χ2n) is 4.85. The van der Waals surface area contributed by atoms with Crippen molar-refractivity contribution in [2.75, 3.05) is 37.3 Å². The SMILES string of the molecule is CS(=O)(=O)N1CCN(c2c(F)cc(C(=N)N)cc2F)CC1. The molecule has 1 aromatic carbocycles. The Kier molecular flexibility index (Phi) is 4.15. The first-order valence-corrected chi connectivity index (χ1v) is 8.08. The number of halogens is 2. The summed E-state index contributed by atoms with van der Waals surface area (Å²) in [6.45, 7) is 0.735. The van der Waals surface area contributed by atoms with Crippen LogP contribution in [0.5, 0.6) is 0 Å². The number of piperazine rings is 1. The fourth-order valence-corrected chi connectivity index (χ4v) is 3.09. The topological polar surface area (TPSA) is 90.5 Å². The Labute approximate surface area is 121 Å². The van der Waals surface area contributed by atoms with Crippen molar-refractivity contribution in [3.05, 3.63) is 29.3 Å². The quantitative estimate of drug-likeness (QED) is 0.621. The van der Waals surface area contributed by atoms with Gasteiger partial charge in [0.15, 0.2) is 0 Å². The molecule has 0 aromatic heterocycles. The lowest BCUT2D eigenvalue weighted by Gasteiger charge is -2.35. The van der Waals surface area contributed by atoms with E-state index in [1.54, 1.807) is 0 Å². The normalized spacial score (nSPS) is 17.0. The summed E-state index contributed by atoms with van der Waals surface area (Å²) in [6, 6.07) is 2.01. The molecular formula is C12H16F2N4O2S. The number of hydrogen-bond acceptors (Lipinski definition) is 4. The predicted molar refractivity (Wildman–Crippen MR) is 76.0 cm³/mol. The van der Waals surface area contributed by atoms with Crippen LogP contribution in [-0.2, 0) is 10.0 Å². The van der Waals surface area contributed by atoms with Crippen molar-refractivity contribution < 1.29 is 17.2 Å². The van der Waals surface area contributed by atoms with Gasteiger partial charge in [0.05, 0.1) is 6.26 Å². The van der Waals surface area contributed by atoms with Gasteiger partial charge in [-0.25, -0.2) is 17.2 Å².